The summed E-state index contributed by atoms with van der Waals surface area (Å²) in [6.07, 6.45) is 0.669. The molecule has 0 saturated carbocycles. The first kappa shape index (κ1) is 18.8. The van der Waals surface area contributed by atoms with Gasteiger partial charge in [0.25, 0.3) is 5.91 Å². The first-order valence-electron chi connectivity index (χ1n) is 7.61. The first-order chi connectivity index (χ1) is 12.0. The minimum absolute atomic E-state index is 0.223. The quantitative estimate of drug-likeness (QED) is 0.544. The molecular formula is C18H19BrN2O4. The number of nitrogens with one attached hydrogen (secondary N) is 1. The third-order valence-electron chi connectivity index (χ3n) is 3.46. The highest BCUT2D eigenvalue weighted by atomic mass is 79.9. The summed E-state index contributed by atoms with van der Waals surface area (Å²) in [7, 11) is 1.61. The second kappa shape index (κ2) is 9.08. The number of carbonyl (C=O) groups is 2. The molecule has 7 heteroatoms. The van der Waals surface area contributed by atoms with Crippen molar-refractivity contribution in [2.45, 2.75) is 6.42 Å². The molecule has 132 valence electrons. The summed E-state index contributed by atoms with van der Waals surface area (Å²) in [5.74, 6) is -0.217. The molecule has 0 aliphatic carbocycles. The number of carbonyl (C=O) groups excluding carboxylic acids is 2. The average Bonchev–Trinajstić information content (AvgIpc) is 2.62. The van der Waals surface area contributed by atoms with E-state index in [0.29, 0.717) is 23.1 Å². The van der Waals surface area contributed by atoms with Crippen LogP contribution in [-0.2, 0) is 16.0 Å². The van der Waals surface area contributed by atoms with Crippen LogP contribution in [0.4, 0.5) is 5.69 Å². The second-order valence-corrected chi connectivity index (χ2v) is 6.17. The van der Waals surface area contributed by atoms with Gasteiger partial charge in [0.1, 0.15) is 5.75 Å². The fraction of sp³-hybridized carbons (Fsp3) is 0.222. The number of amides is 1. The van der Waals surface area contributed by atoms with Crippen LogP contribution in [0.15, 0.2) is 46.9 Å². The highest BCUT2D eigenvalue weighted by Gasteiger charge is 2.13. The standard InChI is InChI=1S/C18H19BrN2O4/c1-24-14-5-2-12(3-6-14)8-9-21-17(22)11-25-18(23)15-10-13(19)4-7-16(15)20/h2-7,10H,8-9,11,20H2,1H3,(H,21,22). The lowest BCUT2D eigenvalue weighted by Gasteiger charge is -2.08. The molecule has 2 rings (SSSR count). The van der Waals surface area contributed by atoms with E-state index < -0.39 is 5.97 Å². The van der Waals surface area contributed by atoms with E-state index in [9.17, 15) is 9.59 Å². The molecule has 0 aliphatic rings. The molecule has 0 spiro atoms. The van der Waals surface area contributed by atoms with Crippen molar-refractivity contribution >= 4 is 33.5 Å². The lowest BCUT2D eigenvalue weighted by Crippen LogP contribution is -2.30. The van der Waals surface area contributed by atoms with Crippen molar-refractivity contribution in [2.75, 3.05) is 26.0 Å². The zero-order valence-corrected chi connectivity index (χ0v) is 15.3. The minimum atomic E-state index is -0.635. The molecule has 0 bridgehead atoms. The molecule has 0 aromatic heterocycles. The number of nitrogen functional groups attached to an aromatic ring is 1. The van der Waals surface area contributed by atoms with Crippen LogP contribution < -0.4 is 15.8 Å². The molecule has 0 atom stereocenters. The van der Waals surface area contributed by atoms with Gasteiger partial charge in [-0.05, 0) is 42.3 Å². The summed E-state index contributed by atoms with van der Waals surface area (Å²) in [5.41, 5.74) is 7.32. The Morgan fingerprint density at radius 1 is 1.16 bits per heavy atom. The maximum atomic E-state index is 12.0. The van der Waals surface area contributed by atoms with Gasteiger partial charge >= 0.3 is 5.97 Å². The van der Waals surface area contributed by atoms with Crippen LogP contribution in [0.2, 0.25) is 0 Å². The Morgan fingerprint density at radius 2 is 1.88 bits per heavy atom. The number of hydrogen-bond acceptors (Lipinski definition) is 5. The normalized spacial score (nSPS) is 10.2. The van der Waals surface area contributed by atoms with Gasteiger partial charge in [0.2, 0.25) is 0 Å². The number of nitrogens with two attached hydrogens (primary N) is 1. The third-order valence-corrected chi connectivity index (χ3v) is 3.96. The summed E-state index contributed by atoms with van der Waals surface area (Å²) in [5, 5.41) is 2.70. The first-order valence-corrected chi connectivity index (χ1v) is 8.40. The van der Waals surface area contributed by atoms with Gasteiger partial charge in [-0.3, -0.25) is 4.79 Å². The lowest BCUT2D eigenvalue weighted by molar-refractivity contribution is -0.124. The fourth-order valence-corrected chi connectivity index (χ4v) is 2.46. The summed E-state index contributed by atoms with van der Waals surface area (Å²) in [6.45, 7) is 0.0924. The van der Waals surface area contributed by atoms with Crippen LogP contribution in [0.1, 0.15) is 15.9 Å². The van der Waals surface area contributed by atoms with Gasteiger partial charge in [-0.1, -0.05) is 28.1 Å². The van der Waals surface area contributed by atoms with Crippen molar-refractivity contribution in [3.05, 3.63) is 58.1 Å². The van der Waals surface area contributed by atoms with E-state index in [1.54, 1.807) is 25.3 Å². The molecule has 2 aromatic rings. The van der Waals surface area contributed by atoms with Gasteiger partial charge in [-0.2, -0.15) is 0 Å². The molecule has 0 fully saturated rings. The molecular weight excluding hydrogens is 388 g/mol. The van der Waals surface area contributed by atoms with Crippen molar-refractivity contribution in [3.63, 3.8) is 0 Å². The van der Waals surface area contributed by atoms with Crippen molar-refractivity contribution < 1.29 is 19.1 Å². The van der Waals surface area contributed by atoms with E-state index in [1.165, 1.54) is 0 Å². The predicted molar refractivity (Wildman–Crippen MR) is 98.5 cm³/mol. The summed E-state index contributed by atoms with van der Waals surface area (Å²) in [6, 6.07) is 12.5. The Labute approximate surface area is 154 Å². The summed E-state index contributed by atoms with van der Waals surface area (Å²) in [4.78, 5) is 23.7. The highest BCUT2D eigenvalue weighted by molar-refractivity contribution is 9.10. The Kier molecular flexibility index (Phi) is 6.82. The molecule has 3 N–H and O–H groups in total. The Hall–Kier alpha value is -2.54. The van der Waals surface area contributed by atoms with Crippen LogP contribution in [0, 0.1) is 0 Å². The van der Waals surface area contributed by atoms with Gasteiger partial charge in [0, 0.05) is 16.7 Å². The smallest absolute Gasteiger partial charge is 0.340 e. The van der Waals surface area contributed by atoms with E-state index in [-0.39, 0.29) is 18.1 Å². The van der Waals surface area contributed by atoms with Gasteiger partial charge in [-0.25, -0.2) is 4.79 Å². The van der Waals surface area contributed by atoms with E-state index in [4.69, 9.17) is 15.2 Å². The Balaban J connectivity index is 1.74. The molecule has 0 unspecified atom stereocenters. The highest BCUT2D eigenvalue weighted by Crippen LogP contribution is 2.19. The molecule has 0 heterocycles. The molecule has 0 saturated heterocycles. The largest absolute Gasteiger partial charge is 0.497 e. The monoisotopic (exact) mass is 406 g/mol. The van der Waals surface area contributed by atoms with E-state index in [2.05, 4.69) is 21.2 Å². The van der Waals surface area contributed by atoms with Crippen LogP contribution in [-0.4, -0.2) is 32.1 Å². The maximum absolute atomic E-state index is 12.0. The molecule has 25 heavy (non-hydrogen) atoms. The number of halogens is 1. The zero-order chi connectivity index (χ0) is 18.2. The van der Waals surface area contributed by atoms with Gasteiger partial charge in [-0.15, -0.1) is 0 Å². The SMILES string of the molecule is COc1ccc(CCNC(=O)COC(=O)c2cc(Br)ccc2N)cc1. The van der Waals surface area contributed by atoms with E-state index in [1.807, 2.05) is 24.3 Å². The van der Waals surface area contributed by atoms with Crippen molar-refractivity contribution in [3.8, 4) is 5.75 Å². The lowest BCUT2D eigenvalue weighted by atomic mass is 10.1. The van der Waals surface area contributed by atoms with Crippen molar-refractivity contribution in [2.24, 2.45) is 0 Å². The summed E-state index contributed by atoms with van der Waals surface area (Å²) < 4.78 is 10.8. The second-order valence-electron chi connectivity index (χ2n) is 5.26. The fourth-order valence-electron chi connectivity index (χ4n) is 2.10. The number of ether oxygens (including phenoxy) is 2. The number of rotatable bonds is 7. The number of hydrogen-bond donors (Lipinski definition) is 2. The van der Waals surface area contributed by atoms with Crippen molar-refractivity contribution in [1.29, 1.82) is 0 Å². The van der Waals surface area contributed by atoms with Gasteiger partial charge in [0.05, 0.1) is 12.7 Å². The number of benzene rings is 2. The number of esters is 1. The molecule has 0 aliphatic heterocycles. The minimum Gasteiger partial charge on any atom is -0.497 e. The van der Waals surface area contributed by atoms with Gasteiger partial charge < -0.3 is 20.5 Å². The average molecular weight is 407 g/mol. The van der Waals surface area contributed by atoms with Crippen molar-refractivity contribution in [1.82, 2.24) is 5.32 Å². The predicted octanol–water partition coefficient (Wildman–Crippen LogP) is 2.56. The van der Waals surface area contributed by atoms with Crippen LogP contribution in [0.3, 0.4) is 0 Å². The van der Waals surface area contributed by atoms with E-state index in [0.717, 1.165) is 11.3 Å². The number of anilines is 1. The summed E-state index contributed by atoms with van der Waals surface area (Å²) >= 11 is 3.26. The number of methoxy groups -OCH3 is 1. The molecule has 0 radical (unpaired) electrons. The topological polar surface area (TPSA) is 90.6 Å². The molecule has 1 amide bonds. The third kappa shape index (κ3) is 5.79. The molecule has 6 nitrogen and oxygen atoms in total. The molecule has 2 aromatic carbocycles. The van der Waals surface area contributed by atoms with Gasteiger partial charge in [0.15, 0.2) is 6.61 Å². The van der Waals surface area contributed by atoms with Crippen LogP contribution in [0.25, 0.3) is 0 Å². The van der Waals surface area contributed by atoms with Crippen LogP contribution >= 0.6 is 15.9 Å². The maximum Gasteiger partial charge on any atom is 0.340 e. The Bertz CT molecular complexity index is 747. The zero-order valence-electron chi connectivity index (χ0n) is 13.8. The Morgan fingerprint density at radius 3 is 2.56 bits per heavy atom. The van der Waals surface area contributed by atoms with E-state index >= 15 is 0 Å². The van der Waals surface area contributed by atoms with Crippen LogP contribution in [0.5, 0.6) is 5.75 Å².